The van der Waals surface area contributed by atoms with Crippen LogP contribution in [0.15, 0.2) is 36.0 Å². The van der Waals surface area contributed by atoms with Crippen LogP contribution in [-0.2, 0) is 14.3 Å². The van der Waals surface area contributed by atoms with Crippen LogP contribution in [0, 0.1) is 0 Å². The fraction of sp³-hybridized carbons (Fsp3) is 0.143. The maximum absolute atomic E-state index is 11.5. The molecule has 1 heterocycles. The monoisotopic (exact) mass is 258 g/mol. The molecule has 0 saturated heterocycles. The zero-order valence-corrected chi connectivity index (χ0v) is 10.7. The molecule has 0 saturated carbocycles. The van der Waals surface area contributed by atoms with Crippen molar-refractivity contribution in [2.24, 2.45) is 0 Å². The van der Waals surface area contributed by atoms with Gasteiger partial charge in [0, 0.05) is 18.1 Å². The summed E-state index contributed by atoms with van der Waals surface area (Å²) >= 11 is 0. The molecule has 0 atom stereocenters. The Morgan fingerprint density at radius 2 is 2.05 bits per heavy atom. The fourth-order valence-corrected chi connectivity index (χ4v) is 1.77. The standard InChI is InChI=1S/C14H14N2O3/c1-9(17)15-13(14(18)19-2)8-11-7-10-5-3-4-6-12(10)16-11/h3-8,16H,1-2H3,(H,15,17)/b13-8-. The van der Waals surface area contributed by atoms with Gasteiger partial charge in [0.25, 0.3) is 0 Å². The van der Waals surface area contributed by atoms with Gasteiger partial charge in [-0.15, -0.1) is 0 Å². The molecule has 19 heavy (non-hydrogen) atoms. The Morgan fingerprint density at radius 3 is 2.68 bits per heavy atom. The van der Waals surface area contributed by atoms with Crippen LogP contribution in [0.3, 0.4) is 0 Å². The molecular weight excluding hydrogens is 244 g/mol. The molecule has 0 aliphatic carbocycles. The predicted molar refractivity (Wildman–Crippen MR) is 72.1 cm³/mol. The highest BCUT2D eigenvalue weighted by Crippen LogP contribution is 2.16. The van der Waals surface area contributed by atoms with Crippen LogP contribution in [0.1, 0.15) is 12.6 Å². The normalized spacial score (nSPS) is 11.4. The first-order valence-corrected chi connectivity index (χ1v) is 5.75. The van der Waals surface area contributed by atoms with Crippen molar-refractivity contribution in [3.8, 4) is 0 Å². The first kappa shape index (κ1) is 12.9. The summed E-state index contributed by atoms with van der Waals surface area (Å²) in [5, 5.41) is 3.48. The van der Waals surface area contributed by atoms with Crippen molar-refractivity contribution in [3.63, 3.8) is 0 Å². The second kappa shape index (κ2) is 5.39. The minimum Gasteiger partial charge on any atom is -0.464 e. The number of fused-ring (bicyclic) bond motifs is 1. The summed E-state index contributed by atoms with van der Waals surface area (Å²) in [5.74, 6) is -0.915. The Balaban J connectivity index is 2.39. The number of ether oxygens (including phenoxy) is 1. The highest BCUT2D eigenvalue weighted by atomic mass is 16.5. The second-order valence-corrected chi connectivity index (χ2v) is 4.04. The summed E-state index contributed by atoms with van der Waals surface area (Å²) < 4.78 is 4.62. The molecule has 2 rings (SSSR count). The first-order valence-electron chi connectivity index (χ1n) is 5.75. The number of aromatic nitrogens is 1. The number of H-pyrrole nitrogens is 1. The number of hydrogen-bond acceptors (Lipinski definition) is 3. The van der Waals surface area contributed by atoms with Gasteiger partial charge >= 0.3 is 5.97 Å². The zero-order chi connectivity index (χ0) is 13.8. The van der Waals surface area contributed by atoms with E-state index in [4.69, 9.17) is 0 Å². The van der Waals surface area contributed by atoms with Gasteiger partial charge in [0.2, 0.25) is 5.91 Å². The molecular formula is C14H14N2O3. The Labute approximate surface area is 110 Å². The van der Waals surface area contributed by atoms with Gasteiger partial charge in [-0.3, -0.25) is 4.79 Å². The third-order valence-electron chi connectivity index (χ3n) is 2.57. The topological polar surface area (TPSA) is 71.2 Å². The van der Waals surface area contributed by atoms with Gasteiger partial charge in [-0.25, -0.2) is 4.79 Å². The smallest absolute Gasteiger partial charge is 0.354 e. The molecule has 0 bridgehead atoms. The summed E-state index contributed by atoms with van der Waals surface area (Å²) in [6, 6.07) is 9.63. The van der Waals surface area contributed by atoms with E-state index >= 15 is 0 Å². The molecule has 2 N–H and O–H groups in total. The Bertz CT molecular complexity index is 623. The highest BCUT2D eigenvalue weighted by Gasteiger charge is 2.11. The van der Waals surface area contributed by atoms with Crippen LogP contribution < -0.4 is 5.32 Å². The Morgan fingerprint density at radius 1 is 1.32 bits per heavy atom. The van der Waals surface area contributed by atoms with Crippen molar-refractivity contribution < 1.29 is 14.3 Å². The van der Waals surface area contributed by atoms with E-state index in [2.05, 4.69) is 15.0 Å². The lowest BCUT2D eigenvalue weighted by Gasteiger charge is -2.04. The number of rotatable bonds is 3. The summed E-state index contributed by atoms with van der Waals surface area (Å²) in [6.45, 7) is 1.34. The number of para-hydroxylation sites is 1. The number of amides is 1. The molecule has 0 aliphatic rings. The van der Waals surface area contributed by atoms with Crippen LogP contribution in [0.25, 0.3) is 17.0 Å². The molecule has 5 heteroatoms. The van der Waals surface area contributed by atoms with Gasteiger partial charge in [0.05, 0.1) is 7.11 Å². The van der Waals surface area contributed by atoms with E-state index in [0.717, 1.165) is 16.6 Å². The minimum absolute atomic E-state index is 0.0987. The van der Waals surface area contributed by atoms with Gasteiger partial charge in [-0.2, -0.15) is 0 Å². The van der Waals surface area contributed by atoms with Crippen molar-refractivity contribution in [1.29, 1.82) is 0 Å². The van der Waals surface area contributed by atoms with Crippen molar-refractivity contribution in [1.82, 2.24) is 10.3 Å². The predicted octanol–water partition coefficient (Wildman–Crippen LogP) is 1.82. The summed E-state index contributed by atoms with van der Waals surface area (Å²) in [5.41, 5.74) is 1.78. The van der Waals surface area contributed by atoms with Crippen LogP contribution in [0.2, 0.25) is 0 Å². The first-order chi connectivity index (χ1) is 9.10. The van der Waals surface area contributed by atoms with Gasteiger partial charge < -0.3 is 15.0 Å². The van der Waals surface area contributed by atoms with E-state index in [1.54, 1.807) is 6.08 Å². The molecule has 0 aliphatic heterocycles. The molecule has 0 radical (unpaired) electrons. The maximum atomic E-state index is 11.5. The summed E-state index contributed by atoms with van der Waals surface area (Å²) in [6.07, 6.45) is 1.55. The Kier molecular flexibility index (Phi) is 3.66. The molecule has 1 aromatic heterocycles. The largest absolute Gasteiger partial charge is 0.464 e. The van der Waals surface area contributed by atoms with E-state index in [-0.39, 0.29) is 11.6 Å². The second-order valence-electron chi connectivity index (χ2n) is 4.04. The van der Waals surface area contributed by atoms with Crippen LogP contribution in [0.5, 0.6) is 0 Å². The molecule has 0 fully saturated rings. The number of benzene rings is 1. The number of hydrogen-bond donors (Lipinski definition) is 2. The van der Waals surface area contributed by atoms with Gasteiger partial charge in [0.1, 0.15) is 5.70 Å². The number of carbonyl (C=O) groups is 2. The minimum atomic E-state index is -0.589. The number of carbonyl (C=O) groups excluding carboxylic acids is 2. The van der Waals surface area contributed by atoms with Crippen molar-refractivity contribution in [3.05, 3.63) is 41.7 Å². The van der Waals surface area contributed by atoms with Crippen LogP contribution in [-0.4, -0.2) is 24.0 Å². The number of methoxy groups -OCH3 is 1. The molecule has 0 spiro atoms. The number of nitrogens with one attached hydrogen (secondary N) is 2. The molecule has 2 aromatic rings. The molecule has 1 amide bonds. The van der Waals surface area contributed by atoms with E-state index < -0.39 is 5.97 Å². The summed E-state index contributed by atoms with van der Waals surface area (Å²) in [7, 11) is 1.27. The summed E-state index contributed by atoms with van der Waals surface area (Å²) in [4.78, 5) is 25.8. The lowest BCUT2D eigenvalue weighted by atomic mass is 10.2. The number of aromatic amines is 1. The quantitative estimate of drug-likeness (QED) is 0.651. The van der Waals surface area contributed by atoms with E-state index in [9.17, 15) is 9.59 Å². The third-order valence-corrected chi connectivity index (χ3v) is 2.57. The lowest BCUT2D eigenvalue weighted by molar-refractivity contribution is -0.137. The molecule has 98 valence electrons. The van der Waals surface area contributed by atoms with Crippen molar-refractivity contribution in [2.45, 2.75) is 6.92 Å². The highest BCUT2D eigenvalue weighted by molar-refractivity contribution is 5.98. The van der Waals surface area contributed by atoms with E-state index in [1.807, 2.05) is 30.3 Å². The average molecular weight is 258 g/mol. The van der Waals surface area contributed by atoms with Crippen molar-refractivity contribution >= 4 is 28.9 Å². The van der Waals surface area contributed by atoms with Crippen molar-refractivity contribution in [2.75, 3.05) is 7.11 Å². The SMILES string of the molecule is COC(=O)/C(=C/c1cc2ccccc2[nH]1)NC(C)=O. The molecule has 0 unspecified atom stereocenters. The van der Waals surface area contributed by atoms with Gasteiger partial charge in [0.15, 0.2) is 0 Å². The van der Waals surface area contributed by atoms with Crippen LogP contribution >= 0.6 is 0 Å². The molecule has 5 nitrogen and oxygen atoms in total. The van der Waals surface area contributed by atoms with Gasteiger partial charge in [-0.1, -0.05) is 18.2 Å². The maximum Gasteiger partial charge on any atom is 0.354 e. The zero-order valence-electron chi connectivity index (χ0n) is 10.7. The third kappa shape index (κ3) is 3.01. The van der Waals surface area contributed by atoms with E-state index in [0.29, 0.717) is 0 Å². The Hall–Kier alpha value is -2.56. The van der Waals surface area contributed by atoms with Crippen LogP contribution in [0.4, 0.5) is 0 Å². The molecule has 1 aromatic carbocycles. The average Bonchev–Trinajstić information content (AvgIpc) is 2.78. The number of esters is 1. The van der Waals surface area contributed by atoms with E-state index in [1.165, 1.54) is 14.0 Å². The fourth-order valence-electron chi connectivity index (χ4n) is 1.77. The lowest BCUT2D eigenvalue weighted by Crippen LogP contribution is -2.25. The van der Waals surface area contributed by atoms with Gasteiger partial charge in [-0.05, 0) is 23.6 Å².